The van der Waals surface area contributed by atoms with Crippen molar-refractivity contribution < 1.29 is 19.4 Å². The number of hydrogen-bond acceptors (Lipinski definition) is 8. The summed E-state index contributed by atoms with van der Waals surface area (Å²) in [6.07, 6.45) is 9.72. The van der Waals surface area contributed by atoms with E-state index in [1.807, 2.05) is 6.20 Å². The third-order valence-electron chi connectivity index (χ3n) is 7.35. The zero-order chi connectivity index (χ0) is 23.1. The minimum absolute atomic E-state index is 0.277. The van der Waals surface area contributed by atoms with Gasteiger partial charge in [-0.25, -0.2) is 4.99 Å². The molecule has 9 heteroatoms. The first kappa shape index (κ1) is 21.3. The quantitative estimate of drug-likeness (QED) is 0.623. The van der Waals surface area contributed by atoms with Crippen LogP contribution in [0.15, 0.2) is 23.3 Å². The van der Waals surface area contributed by atoms with Gasteiger partial charge in [0.1, 0.15) is 12.2 Å². The molecule has 1 N–H and O–H groups in total. The lowest BCUT2D eigenvalue weighted by atomic mass is 9.79. The van der Waals surface area contributed by atoms with Crippen LogP contribution in [0.1, 0.15) is 68.5 Å². The van der Waals surface area contributed by atoms with Crippen LogP contribution in [0, 0.1) is 11.8 Å². The van der Waals surface area contributed by atoms with E-state index in [2.05, 4.69) is 32.0 Å². The van der Waals surface area contributed by atoms with Crippen molar-refractivity contribution in [3.63, 3.8) is 0 Å². The fourth-order valence-corrected chi connectivity index (χ4v) is 5.18. The summed E-state index contributed by atoms with van der Waals surface area (Å²) >= 11 is 0. The van der Waals surface area contributed by atoms with Crippen molar-refractivity contribution >= 4 is 23.3 Å². The van der Waals surface area contributed by atoms with E-state index in [-0.39, 0.29) is 6.42 Å². The monoisotopic (exact) mass is 463 g/mol. The number of amidine groups is 1. The summed E-state index contributed by atoms with van der Waals surface area (Å²) in [5.74, 6) is 2.77. The topological polar surface area (TPSA) is 110 Å². The number of nitrogens with zero attached hydrogens (tertiary/aromatic N) is 5. The lowest BCUT2D eigenvalue weighted by molar-refractivity contribution is -0.138. The summed E-state index contributed by atoms with van der Waals surface area (Å²) in [5.41, 5.74) is 2.89. The Hall–Kier alpha value is -3.23. The maximum atomic E-state index is 11.0. The molecule has 0 bridgehead atoms. The number of aliphatic carboxylic acids is 1. The number of ether oxygens (including phenoxy) is 2. The van der Waals surface area contributed by atoms with E-state index < -0.39 is 5.97 Å². The normalized spacial score (nSPS) is 23.2. The fourth-order valence-electron chi connectivity index (χ4n) is 5.18. The van der Waals surface area contributed by atoms with Crippen LogP contribution >= 0.6 is 0 Å². The molecule has 2 aliphatic carbocycles. The second-order valence-corrected chi connectivity index (χ2v) is 9.78. The molecule has 0 spiro atoms. The number of carboxylic acid groups (broad SMARTS) is 1. The molecule has 0 unspecified atom stereocenters. The van der Waals surface area contributed by atoms with Crippen molar-refractivity contribution in [2.75, 3.05) is 24.7 Å². The van der Waals surface area contributed by atoms with E-state index in [4.69, 9.17) is 19.6 Å². The molecule has 2 aromatic rings. The molecular weight excluding hydrogens is 434 g/mol. The second kappa shape index (κ2) is 8.85. The third-order valence-corrected chi connectivity index (χ3v) is 7.35. The molecule has 2 saturated carbocycles. The molecule has 0 amide bonds. The van der Waals surface area contributed by atoms with E-state index in [1.54, 1.807) is 0 Å². The largest absolute Gasteiger partial charge is 0.481 e. The van der Waals surface area contributed by atoms with Crippen molar-refractivity contribution in [2.24, 2.45) is 16.8 Å². The molecule has 0 atom stereocenters. The van der Waals surface area contributed by atoms with Gasteiger partial charge in [-0.2, -0.15) is 9.97 Å². The lowest BCUT2D eigenvalue weighted by Crippen LogP contribution is -2.36. The zero-order valence-corrected chi connectivity index (χ0v) is 19.2. The number of anilines is 1. The van der Waals surface area contributed by atoms with Gasteiger partial charge in [0.05, 0.1) is 25.0 Å². The van der Waals surface area contributed by atoms with E-state index in [9.17, 15) is 4.79 Å². The summed E-state index contributed by atoms with van der Waals surface area (Å²) in [6.45, 7) is 1.76. The van der Waals surface area contributed by atoms with Crippen LogP contribution in [0.4, 0.5) is 11.5 Å². The zero-order valence-electron chi connectivity index (χ0n) is 19.2. The van der Waals surface area contributed by atoms with Gasteiger partial charge in [0.25, 0.3) is 0 Å². The van der Waals surface area contributed by atoms with Crippen LogP contribution in [-0.2, 0) is 4.79 Å². The van der Waals surface area contributed by atoms with Gasteiger partial charge in [-0.1, -0.05) is 12.8 Å². The molecule has 2 aliphatic heterocycles. The van der Waals surface area contributed by atoms with Crippen LogP contribution in [0.25, 0.3) is 0 Å². The molecule has 6 rings (SSSR count). The number of aliphatic imine (C=N–C) groups is 1. The van der Waals surface area contributed by atoms with Gasteiger partial charge >= 0.3 is 12.0 Å². The molecule has 0 aromatic carbocycles. The number of hydrogen-bond donors (Lipinski definition) is 1. The first-order valence-electron chi connectivity index (χ1n) is 12.4. The molecular formula is C25H29N5O4. The minimum atomic E-state index is -0.696. The van der Waals surface area contributed by atoms with E-state index in [0.717, 1.165) is 60.8 Å². The first-order chi connectivity index (χ1) is 16.6. The standard InChI is InChI=1S/C25H29N5O4/c31-20(32)13-16-3-5-17(6-4-16)19-8-7-18(14-26-19)30-10-12-33-24-21-22(27-23(21)30)28-25(29-24)34-11-9-15-1-2-15/h7-8,14-17H,1-6,9-13H2,(H,31,32)/t16-,17-. The molecule has 178 valence electrons. The summed E-state index contributed by atoms with van der Waals surface area (Å²) in [7, 11) is 0. The molecule has 2 aromatic heterocycles. The summed E-state index contributed by atoms with van der Waals surface area (Å²) in [6, 6.07) is 4.53. The SMILES string of the molecule is O=C(O)C[C@H]1CC[C@H](c2ccc(N3CCOc4nc(OCCC5CC5)nc5c4C3=N5)cn2)CC1. The average molecular weight is 464 g/mol. The van der Waals surface area contributed by atoms with Crippen LogP contribution in [-0.4, -0.2) is 51.6 Å². The van der Waals surface area contributed by atoms with Crippen LogP contribution in [0.5, 0.6) is 11.9 Å². The highest BCUT2D eigenvalue weighted by Crippen LogP contribution is 2.41. The molecule has 34 heavy (non-hydrogen) atoms. The average Bonchev–Trinajstić information content (AvgIpc) is 3.65. The lowest BCUT2D eigenvalue weighted by Gasteiger charge is -2.29. The Morgan fingerprint density at radius 3 is 2.68 bits per heavy atom. The maximum Gasteiger partial charge on any atom is 0.321 e. The predicted molar refractivity (Wildman–Crippen MR) is 125 cm³/mol. The molecule has 0 saturated heterocycles. The predicted octanol–water partition coefficient (Wildman–Crippen LogP) is 4.09. The Labute approximate surface area is 198 Å². The first-order valence-corrected chi connectivity index (χ1v) is 12.4. The molecule has 4 aliphatic rings. The van der Waals surface area contributed by atoms with Gasteiger partial charge < -0.3 is 19.5 Å². The van der Waals surface area contributed by atoms with Gasteiger partial charge in [0.2, 0.25) is 5.88 Å². The third kappa shape index (κ3) is 4.31. The Kier molecular flexibility index (Phi) is 5.55. The molecule has 4 heterocycles. The van der Waals surface area contributed by atoms with Gasteiger partial charge in [0.15, 0.2) is 11.7 Å². The maximum absolute atomic E-state index is 11.0. The van der Waals surface area contributed by atoms with Crippen LogP contribution in [0.3, 0.4) is 0 Å². The fraction of sp³-hybridized carbons (Fsp3) is 0.560. The van der Waals surface area contributed by atoms with Crippen LogP contribution < -0.4 is 14.4 Å². The highest BCUT2D eigenvalue weighted by molar-refractivity contribution is 6.20. The highest BCUT2D eigenvalue weighted by atomic mass is 16.5. The van der Waals surface area contributed by atoms with Crippen molar-refractivity contribution in [3.8, 4) is 11.9 Å². The Morgan fingerprint density at radius 1 is 1.12 bits per heavy atom. The van der Waals surface area contributed by atoms with Gasteiger partial charge in [-0.3, -0.25) is 9.78 Å². The van der Waals surface area contributed by atoms with Crippen molar-refractivity contribution in [1.29, 1.82) is 0 Å². The number of pyridine rings is 1. The van der Waals surface area contributed by atoms with E-state index >= 15 is 0 Å². The van der Waals surface area contributed by atoms with Gasteiger partial charge in [-0.05, 0) is 56.1 Å². The summed E-state index contributed by atoms with van der Waals surface area (Å²) in [5, 5.41) is 9.03. The highest BCUT2D eigenvalue weighted by Gasteiger charge is 2.35. The van der Waals surface area contributed by atoms with E-state index in [0.29, 0.717) is 49.3 Å². The number of carboxylic acids is 1. The van der Waals surface area contributed by atoms with Gasteiger partial charge in [-0.15, -0.1) is 0 Å². The smallest absolute Gasteiger partial charge is 0.321 e. The molecule has 2 fully saturated rings. The Balaban J connectivity index is 1.12. The van der Waals surface area contributed by atoms with Crippen molar-refractivity contribution in [2.45, 2.75) is 57.3 Å². The second-order valence-electron chi connectivity index (χ2n) is 9.78. The minimum Gasteiger partial charge on any atom is -0.481 e. The van der Waals surface area contributed by atoms with Crippen molar-refractivity contribution in [3.05, 3.63) is 29.6 Å². The number of carbonyl (C=O) groups is 1. The molecule has 9 nitrogen and oxygen atoms in total. The summed E-state index contributed by atoms with van der Waals surface area (Å²) < 4.78 is 11.7. The Bertz CT molecular complexity index is 1110. The number of rotatable bonds is 8. The van der Waals surface area contributed by atoms with Crippen molar-refractivity contribution in [1.82, 2.24) is 15.0 Å². The molecule has 0 radical (unpaired) electrons. The van der Waals surface area contributed by atoms with Gasteiger partial charge in [0, 0.05) is 18.0 Å². The number of aromatic nitrogens is 3. The Morgan fingerprint density at radius 2 is 1.94 bits per heavy atom. The summed E-state index contributed by atoms with van der Waals surface area (Å²) in [4.78, 5) is 31.4. The van der Waals surface area contributed by atoms with E-state index in [1.165, 1.54) is 12.8 Å². The van der Waals surface area contributed by atoms with Crippen LogP contribution in [0.2, 0.25) is 0 Å².